The molecule has 7 heteroatoms. The van der Waals surface area contributed by atoms with Gasteiger partial charge in [-0.25, -0.2) is 0 Å². The number of carbonyl (C=O) groups excluding carboxylic acids is 1. The molecule has 19 heavy (non-hydrogen) atoms. The standard InChI is InChI=1S/C12H19NO6/c1-4-5-6-12(2,3)19-11(18)7(9(14)15)8(13)10(16)17/h4,7-8H,1,5-6,13H2,2-3H3,(H,14,15)(H,16,17)/t7?,8-/m1/s1. The third-order valence-electron chi connectivity index (χ3n) is 2.49. The van der Waals surface area contributed by atoms with E-state index >= 15 is 0 Å². The number of esters is 1. The van der Waals surface area contributed by atoms with Crippen LogP contribution in [0.5, 0.6) is 0 Å². The summed E-state index contributed by atoms with van der Waals surface area (Å²) in [6.07, 6.45) is 2.65. The van der Waals surface area contributed by atoms with Gasteiger partial charge < -0.3 is 20.7 Å². The molecule has 0 aliphatic rings. The second-order valence-corrected chi connectivity index (χ2v) is 4.69. The van der Waals surface area contributed by atoms with Gasteiger partial charge in [0.1, 0.15) is 11.6 Å². The van der Waals surface area contributed by atoms with Crippen LogP contribution in [0, 0.1) is 5.92 Å². The van der Waals surface area contributed by atoms with Gasteiger partial charge in [0, 0.05) is 0 Å². The molecule has 0 aromatic heterocycles. The van der Waals surface area contributed by atoms with Gasteiger partial charge in [0.2, 0.25) is 0 Å². The van der Waals surface area contributed by atoms with Crippen LogP contribution in [0.4, 0.5) is 0 Å². The first-order valence-corrected chi connectivity index (χ1v) is 5.67. The highest BCUT2D eigenvalue weighted by Gasteiger charge is 2.40. The number of carboxylic acid groups (broad SMARTS) is 2. The number of carbonyl (C=O) groups is 3. The second-order valence-electron chi connectivity index (χ2n) is 4.69. The molecule has 0 amide bonds. The normalized spacial score (nSPS) is 14.3. The lowest BCUT2D eigenvalue weighted by molar-refractivity contribution is -0.172. The summed E-state index contributed by atoms with van der Waals surface area (Å²) in [5.41, 5.74) is 4.26. The van der Waals surface area contributed by atoms with Gasteiger partial charge in [0.25, 0.3) is 0 Å². The van der Waals surface area contributed by atoms with E-state index in [9.17, 15) is 14.4 Å². The Bertz CT molecular complexity index is 376. The van der Waals surface area contributed by atoms with E-state index in [1.807, 2.05) is 0 Å². The molecule has 0 fully saturated rings. The first-order valence-electron chi connectivity index (χ1n) is 5.67. The molecule has 0 aliphatic heterocycles. The Kier molecular flexibility index (Phi) is 6.20. The maximum atomic E-state index is 11.7. The van der Waals surface area contributed by atoms with Crippen LogP contribution in [0.3, 0.4) is 0 Å². The average molecular weight is 273 g/mol. The molecule has 0 radical (unpaired) electrons. The van der Waals surface area contributed by atoms with Crippen molar-refractivity contribution in [3.63, 3.8) is 0 Å². The molecule has 0 aromatic rings. The topological polar surface area (TPSA) is 127 Å². The van der Waals surface area contributed by atoms with Crippen LogP contribution in [0.2, 0.25) is 0 Å². The summed E-state index contributed by atoms with van der Waals surface area (Å²) in [5.74, 6) is -6.29. The van der Waals surface area contributed by atoms with Crippen LogP contribution in [0.25, 0.3) is 0 Å². The lowest BCUT2D eigenvalue weighted by Gasteiger charge is -2.27. The zero-order chi connectivity index (χ0) is 15.2. The van der Waals surface area contributed by atoms with Gasteiger partial charge in [-0.2, -0.15) is 0 Å². The Balaban J connectivity index is 4.88. The minimum atomic E-state index is -1.93. The molecule has 7 nitrogen and oxygen atoms in total. The molecule has 0 aliphatic carbocycles. The van der Waals surface area contributed by atoms with Crippen molar-refractivity contribution in [1.82, 2.24) is 0 Å². The third kappa shape index (κ3) is 5.52. The lowest BCUT2D eigenvalue weighted by atomic mass is 9.99. The minimum Gasteiger partial charge on any atom is -0.481 e. The van der Waals surface area contributed by atoms with Crippen LogP contribution in [0.15, 0.2) is 12.7 Å². The number of hydrogen-bond acceptors (Lipinski definition) is 5. The number of rotatable bonds is 8. The van der Waals surface area contributed by atoms with Crippen LogP contribution in [-0.4, -0.2) is 39.8 Å². The van der Waals surface area contributed by atoms with Crippen LogP contribution >= 0.6 is 0 Å². The molecule has 4 N–H and O–H groups in total. The molecule has 0 heterocycles. The summed E-state index contributed by atoms with van der Waals surface area (Å²) in [7, 11) is 0. The van der Waals surface area contributed by atoms with Crippen molar-refractivity contribution in [2.75, 3.05) is 0 Å². The van der Waals surface area contributed by atoms with Gasteiger partial charge in [-0.1, -0.05) is 6.08 Å². The van der Waals surface area contributed by atoms with E-state index in [0.717, 1.165) is 0 Å². The van der Waals surface area contributed by atoms with E-state index in [1.165, 1.54) is 0 Å². The van der Waals surface area contributed by atoms with Crippen molar-refractivity contribution in [1.29, 1.82) is 0 Å². The number of ether oxygens (including phenoxy) is 1. The molecule has 0 bridgehead atoms. The highest BCUT2D eigenvalue weighted by molar-refractivity contribution is 5.99. The number of allylic oxidation sites excluding steroid dienone is 1. The first kappa shape index (κ1) is 17.1. The molecule has 0 spiro atoms. The zero-order valence-corrected chi connectivity index (χ0v) is 11.0. The summed E-state index contributed by atoms with van der Waals surface area (Å²) in [6.45, 7) is 6.72. The first-order chi connectivity index (χ1) is 8.62. The summed E-state index contributed by atoms with van der Waals surface area (Å²) in [4.78, 5) is 33.3. The summed E-state index contributed by atoms with van der Waals surface area (Å²) < 4.78 is 5.02. The van der Waals surface area contributed by atoms with Gasteiger partial charge in [-0.15, -0.1) is 6.58 Å². The van der Waals surface area contributed by atoms with Gasteiger partial charge in [0.15, 0.2) is 5.92 Å². The smallest absolute Gasteiger partial charge is 0.323 e. The molecule has 0 saturated heterocycles. The maximum Gasteiger partial charge on any atom is 0.323 e. The van der Waals surface area contributed by atoms with Crippen LogP contribution < -0.4 is 5.73 Å². The molecule has 2 atom stereocenters. The average Bonchev–Trinajstić information content (AvgIpc) is 2.25. The van der Waals surface area contributed by atoms with E-state index in [0.29, 0.717) is 12.8 Å². The Morgan fingerprint density at radius 3 is 2.21 bits per heavy atom. The fourth-order valence-electron chi connectivity index (χ4n) is 1.38. The van der Waals surface area contributed by atoms with Crippen LogP contribution in [0.1, 0.15) is 26.7 Å². The predicted molar refractivity (Wildman–Crippen MR) is 66.3 cm³/mol. The maximum absolute atomic E-state index is 11.7. The van der Waals surface area contributed by atoms with E-state index in [2.05, 4.69) is 6.58 Å². The molecule has 1 unspecified atom stereocenters. The van der Waals surface area contributed by atoms with Crippen molar-refractivity contribution < 1.29 is 29.3 Å². The number of carboxylic acids is 2. The molecule has 0 rings (SSSR count). The largest absolute Gasteiger partial charge is 0.481 e. The quantitative estimate of drug-likeness (QED) is 0.331. The van der Waals surface area contributed by atoms with Crippen molar-refractivity contribution in [2.24, 2.45) is 11.7 Å². The Morgan fingerprint density at radius 2 is 1.84 bits per heavy atom. The van der Waals surface area contributed by atoms with Gasteiger partial charge >= 0.3 is 17.9 Å². The summed E-state index contributed by atoms with van der Waals surface area (Å²) in [6, 6.07) is -1.85. The van der Waals surface area contributed by atoms with Gasteiger partial charge in [-0.05, 0) is 26.7 Å². The van der Waals surface area contributed by atoms with Gasteiger partial charge in [-0.3, -0.25) is 14.4 Å². The Morgan fingerprint density at radius 1 is 1.32 bits per heavy atom. The monoisotopic (exact) mass is 273 g/mol. The molecular formula is C12H19NO6. The van der Waals surface area contributed by atoms with E-state index in [-0.39, 0.29) is 0 Å². The summed E-state index contributed by atoms with van der Waals surface area (Å²) in [5, 5.41) is 17.6. The highest BCUT2D eigenvalue weighted by Crippen LogP contribution is 2.20. The van der Waals surface area contributed by atoms with E-state index < -0.39 is 35.5 Å². The molecule has 108 valence electrons. The van der Waals surface area contributed by atoms with Gasteiger partial charge in [0.05, 0.1) is 0 Å². The zero-order valence-electron chi connectivity index (χ0n) is 11.0. The fraction of sp³-hybridized carbons (Fsp3) is 0.583. The summed E-state index contributed by atoms with van der Waals surface area (Å²) >= 11 is 0. The van der Waals surface area contributed by atoms with Crippen LogP contribution in [-0.2, 0) is 19.1 Å². The van der Waals surface area contributed by atoms with E-state index in [1.54, 1.807) is 19.9 Å². The van der Waals surface area contributed by atoms with Crippen molar-refractivity contribution in [3.8, 4) is 0 Å². The van der Waals surface area contributed by atoms with E-state index in [4.69, 9.17) is 20.7 Å². The molecule has 0 aromatic carbocycles. The third-order valence-corrected chi connectivity index (χ3v) is 2.49. The predicted octanol–water partition coefficient (Wildman–Crippen LogP) is 0.387. The Labute approximate surface area is 111 Å². The minimum absolute atomic E-state index is 0.441. The van der Waals surface area contributed by atoms with Crippen molar-refractivity contribution in [3.05, 3.63) is 12.7 Å². The molecule has 0 saturated carbocycles. The van der Waals surface area contributed by atoms with Crippen molar-refractivity contribution >= 4 is 17.9 Å². The SMILES string of the molecule is C=CCCC(C)(C)OC(=O)C(C(=O)O)[C@@H](N)C(=O)O. The number of hydrogen-bond donors (Lipinski definition) is 3. The Hall–Kier alpha value is -1.89. The number of nitrogens with two attached hydrogens (primary N) is 1. The fourth-order valence-corrected chi connectivity index (χ4v) is 1.38. The highest BCUT2D eigenvalue weighted by atomic mass is 16.6. The lowest BCUT2D eigenvalue weighted by Crippen LogP contribution is -2.48. The van der Waals surface area contributed by atoms with Crippen molar-refractivity contribution in [2.45, 2.75) is 38.3 Å². The number of aliphatic carboxylic acids is 2. The second kappa shape index (κ2) is 6.89. The molecular weight excluding hydrogens is 254 g/mol.